The van der Waals surface area contributed by atoms with Crippen molar-refractivity contribution < 1.29 is 4.79 Å². The number of nitrogens with zero attached hydrogens (tertiary/aromatic N) is 2. The fraction of sp³-hybridized carbons (Fsp3) is 0.391. The van der Waals surface area contributed by atoms with Gasteiger partial charge >= 0.3 is 0 Å². The Kier molecular flexibility index (Phi) is 5.63. The maximum Gasteiger partial charge on any atom is 0.173 e. The molecule has 0 radical (unpaired) electrons. The Hall–Kier alpha value is -2.07. The lowest BCUT2D eigenvalue weighted by Gasteiger charge is -2.22. The lowest BCUT2D eigenvalue weighted by Crippen LogP contribution is -2.07. The third-order valence-electron chi connectivity index (χ3n) is 5.58. The summed E-state index contributed by atoms with van der Waals surface area (Å²) in [5.41, 5.74) is 4.32. The first-order chi connectivity index (χ1) is 13.3. The fourth-order valence-electron chi connectivity index (χ4n) is 4.06. The van der Waals surface area contributed by atoms with E-state index >= 15 is 0 Å². The van der Waals surface area contributed by atoms with Gasteiger partial charge in [0.2, 0.25) is 0 Å². The van der Waals surface area contributed by atoms with Gasteiger partial charge in [0.15, 0.2) is 10.9 Å². The number of Topliss-reactive ketones (excluding diaryl/α,β-unsaturated/α-hetero) is 1. The van der Waals surface area contributed by atoms with Crippen LogP contribution in [0, 0.1) is 0 Å². The number of imidazole rings is 1. The number of aromatic nitrogens is 2. The van der Waals surface area contributed by atoms with Gasteiger partial charge in [-0.3, -0.25) is 4.79 Å². The molecular formula is C23H26N2OS. The van der Waals surface area contributed by atoms with Crippen LogP contribution in [0.5, 0.6) is 0 Å². The fourth-order valence-corrected chi connectivity index (χ4v) is 5.03. The van der Waals surface area contributed by atoms with Crippen LogP contribution >= 0.6 is 11.8 Å². The number of fused-ring (bicyclic) bond motifs is 1. The minimum absolute atomic E-state index is 0.171. The van der Waals surface area contributed by atoms with Crippen LogP contribution < -0.4 is 0 Å². The Morgan fingerprint density at radius 3 is 2.56 bits per heavy atom. The summed E-state index contributed by atoms with van der Waals surface area (Å²) < 4.78 is 2.18. The quantitative estimate of drug-likeness (QED) is 0.385. The number of ketones is 1. The lowest BCUT2D eigenvalue weighted by atomic mass is 9.84. The highest BCUT2D eigenvalue weighted by molar-refractivity contribution is 7.99. The molecule has 0 saturated heterocycles. The van der Waals surface area contributed by atoms with Crippen LogP contribution in [0.1, 0.15) is 60.9 Å². The van der Waals surface area contributed by atoms with Crippen LogP contribution in [0.25, 0.3) is 11.0 Å². The summed E-state index contributed by atoms with van der Waals surface area (Å²) in [5, 5.41) is 0.922. The molecule has 3 aromatic rings. The molecule has 27 heavy (non-hydrogen) atoms. The maximum absolute atomic E-state index is 12.7. The van der Waals surface area contributed by atoms with E-state index in [2.05, 4.69) is 29.7 Å². The molecule has 1 heterocycles. The monoisotopic (exact) mass is 378 g/mol. The Balaban J connectivity index is 1.43. The minimum Gasteiger partial charge on any atom is -0.319 e. The molecule has 0 N–H and O–H groups in total. The van der Waals surface area contributed by atoms with Crippen LogP contribution in [0.15, 0.2) is 53.7 Å². The smallest absolute Gasteiger partial charge is 0.173 e. The van der Waals surface area contributed by atoms with Gasteiger partial charge in [-0.25, -0.2) is 4.98 Å². The van der Waals surface area contributed by atoms with Crippen molar-refractivity contribution in [2.24, 2.45) is 0 Å². The van der Waals surface area contributed by atoms with E-state index in [-0.39, 0.29) is 5.78 Å². The number of carbonyl (C=O) groups is 1. The molecule has 0 bridgehead atoms. The first kappa shape index (κ1) is 18.3. The zero-order valence-corrected chi connectivity index (χ0v) is 16.7. The number of rotatable bonds is 6. The van der Waals surface area contributed by atoms with Gasteiger partial charge in [-0.15, -0.1) is 0 Å². The van der Waals surface area contributed by atoms with Crippen molar-refractivity contribution in [2.45, 2.75) is 56.6 Å². The Morgan fingerprint density at radius 1 is 1.07 bits per heavy atom. The number of carbonyl (C=O) groups excluding carboxylic acids is 1. The average molecular weight is 379 g/mol. The molecule has 3 nitrogen and oxygen atoms in total. The zero-order valence-electron chi connectivity index (χ0n) is 15.9. The minimum atomic E-state index is 0.171. The van der Waals surface area contributed by atoms with E-state index in [1.54, 1.807) is 0 Å². The van der Waals surface area contributed by atoms with Crippen molar-refractivity contribution >= 4 is 28.6 Å². The number of hydrogen-bond acceptors (Lipinski definition) is 3. The average Bonchev–Trinajstić information content (AvgIpc) is 3.10. The summed E-state index contributed by atoms with van der Waals surface area (Å²) in [4.78, 5) is 17.4. The summed E-state index contributed by atoms with van der Waals surface area (Å²) in [5.74, 6) is 1.28. The molecule has 140 valence electrons. The van der Waals surface area contributed by atoms with Crippen molar-refractivity contribution in [1.82, 2.24) is 9.55 Å². The SMILES string of the molecule is CCn1c(SCC(=O)c2ccc(C3CCCCC3)cc2)nc2ccccc21. The molecule has 1 fully saturated rings. The number of aryl methyl sites for hydroxylation is 1. The second-order valence-electron chi connectivity index (χ2n) is 7.30. The Bertz CT molecular complexity index is 923. The third-order valence-corrected chi connectivity index (χ3v) is 6.55. The van der Waals surface area contributed by atoms with E-state index in [1.807, 2.05) is 30.3 Å². The highest BCUT2D eigenvalue weighted by Gasteiger charge is 2.17. The van der Waals surface area contributed by atoms with Crippen LogP contribution in [0.4, 0.5) is 0 Å². The zero-order chi connectivity index (χ0) is 18.6. The van der Waals surface area contributed by atoms with Gasteiger partial charge in [-0.2, -0.15) is 0 Å². The van der Waals surface area contributed by atoms with E-state index < -0.39 is 0 Å². The van der Waals surface area contributed by atoms with Crippen LogP contribution in [-0.2, 0) is 6.54 Å². The highest BCUT2D eigenvalue weighted by Crippen LogP contribution is 2.32. The predicted molar refractivity (Wildman–Crippen MR) is 113 cm³/mol. The van der Waals surface area contributed by atoms with Crippen molar-refractivity contribution in [2.75, 3.05) is 5.75 Å². The highest BCUT2D eigenvalue weighted by atomic mass is 32.2. The second kappa shape index (κ2) is 8.30. The number of para-hydroxylation sites is 2. The molecule has 0 aliphatic heterocycles. The third kappa shape index (κ3) is 3.96. The molecular weight excluding hydrogens is 352 g/mol. The molecule has 0 unspecified atom stereocenters. The molecule has 4 rings (SSSR count). The summed E-state index contributed by atoms with van der Waals surface area (Å²) >= 11 is 1.53. The molecule has 1 aromatic heterocycles. The van der Waals surface area contributed by atoms with Crippen molar-refractivity contribution in [3.05, 3.63) is 59.7 Å². The van der Waals surface area contributed by atoms with Crippen molar-refractivity contribution in [3.63, 3.8) is 0 Å². The first-order valence-corrected chi connectivity index (χ1v) is 11.0. The van der Waals surface area contributed by atoms with Gasteiger partial charge in [0.1, 0.15) is 0 Å². The molecule has 0 atom stereocenters. The topological polar surface area (TPSA) is 34.9 Å². The van der Waals surface area contributed by atoms with E-state index in [4.69, 9.17) is 4.98 Å². The Labute approximate surface area is 165 Å². The summed E-state index contributed by atoms with van der Waals surface area (Å²) in [7, 11) is 0. The summed E-state index contributed by atoms with van der Waals surface area (Å²) in [6.07, 6.45) is 6.61. The number of hydrogen-bond donors (Lipinski definition) is 0. The van der Waals surface area contributed by atoms with Gasteiger partial charge < -0.3 is 4.57 Å². The molecule has 4 heteroatoms. The largest absolute Gasteiger partial charge is 0.319 e. The van der Waals surface area contributed by atoms with Crippen LogP contribution in [0.2, 0.25) is 0 Å². The van der Waals surface area contributed by atoms with Gasteiger partial charge in [0, 0.05) is 12.1 Å². The predicted octanol–water partition coefficient (Wildman–Crippen LogP) is 6.08. The summed E-state index contributed by atoms with van der Waals surface area (Å²) in [6.45, 7) is 2.97. The molecule has 1 aliphatic carbocycles. The second-order valence-corrected chi connectivity index (χ2v) is 8.24. The standard InChI is InChI=1S/C23H26N2OS/c1-2-25-21-11-7-6-10-20(21)24-23(25)27-16-22(26)19-14-12-18(13-15-19)17-8-4-3-5-9-17/h6-7,10-15,17H,2-5,8-9,16H2,1H3. The number of benzene rings is 2. The summed E-state index contributed by atoms with van der Waals surface area (Å²) in [6, 6.07) is 16.5. The van der Waals surface area contributed by atoms with Gasteiger partial charge in [-0.05, 0) is 43.4 Å². The van der Waals surface area contributed by atoms with E-state index in [0.29, 0.717) is 11.7 Å². The molecule has 1 saturated carbocycles. The lowest BCUT2D eigenvalue weighted by molar-refractivity contribution is 0.102. The molecule has 2 aromatic carbocycles. The first-order valence-electron chi connectivity index (χ1n) is 9.97. The van der Waals surface area contributed by atoms with Crippen molar-refractivity contribution in [1.29, 1.82) is 0 Å². The van der Waals surface area contributed by atoms with Crippen LogP contribution in [-0.4, -0.2) is 21.1 Å². The molecule has 0 amide bonds. The van der Waals surface area contributed by atoms with Gasteiger partial charge in [0.05, 0.1) is 16.8 Å². The van der Waals surface area contributed by atoms with E-state index in [1.165, 1.54) is 49.4 Å². The normalized spacial score (nSPS) is 15.3. The Morgan fingerprint density at radius 2 is 1.81 bits per heavy atom. The van der Waals surface area contributed by atoms with E-state index in [0.717, 1.165) is 28.3 Å². The molecule has 1 aliphatic rings. The maximum atomic E-state index is 12.7. The van der Waals surface area contributed by atoms with Crippen molar-refractivity contribution in [3.8, 4) is 0 Å². The molecule has 0 spiro atoms. The van der Waals surface area contributed by atoms with Crippen LogP contribution in [0.3, 0.4) is 0 Å². The number of thioether (sulfide) groups is 1. The van der Waals surface area contributed by atoms with Gasteiger partial charge in [-0.1, -0.05) is 67.4 Å². The van der Waals surface area contributed by atoms with E-state index in [9.17, 15) is 4.79 Å². The van der Waals surface area contributed by atoms with Gasteiger partial charge in [0.25, 0.3) is 0 Å².